The van der Waals surface area contributed by atoms with E-state index in [4.69, 9.17) is 11.6 Å². The van der Waals surface area contributed by atoms with Gasteiger partial charge in [-0.3, -0.25) is 4.79 Å². The summed E-state index contributed by atoms with van der Waals surface area (Å²) in [5.74, 6) is 0.913. The SMILES string of the molecule is CC(C)CNC(=O)C(C)Nc1nc(Cl)nc2ccccc12. The Labute approximate surface area is 129 Å². The Morgan fingerprint density at radius 2 is 1.95 bits per heavy atom. The van der Waals surface area contributed by atoms with Gasteiger partial charge < -0.3 is 10.6 Å². The van der Waals surface area contributed by atoms with E-state index >= 15 is 0 Å². The van der Waals surface area contributed by atoms with Gasteiger partial charge in [-0.15, -0.1) is 0 Å². The van der Waals surface area contributed by atoms with Gasteiger partial charge in [0, 0.05) is 11.9 Å². The van der Waals surface area contributed by atoms with Crippen LogP contribution in [0.3, 0.4) is 0 Å². The van der Waals surface area contributed by atoms with Crippen molar-refractivity contribution in [1.82, 2.24) is 15.3 Å². The molecule has 0 fully saturated rings. The Kier molecular flexibility index (Phi) is 4.96. The number of halogens is 1. The summed E-state index contributed by atoms with van der Waals surface area (Å²) < 4.78 is 0. The molecule has 1 atom stereocenters. The largest absolute Gasteiger partial charge is 0.358 e. The van der Waals surface area contributed by atoms with Crippen molar-refractivity contribution in [3.8, 4) is 0 Å². The molecule has 1 unspecified atom stereocenters. The third-order valence-corrected chi connectivity index (χ3v) is 3.18. The van der Waals surface area contributed by atoms with Gasteiger partial charge in [0.2, 0.25) is 11.2 Å². The third kappa shape index (κ3) is 4.04. The normalized spacial score (nSPS) is 12.4. The fourth-order valence-electron chi connectivity index (χ4n) is 1.89. The lowest BCUT2D eigenvalue weighted by atomic mass is 10.2. The number of carbonyl (C=O) groups excluding carboxylic acids is 1. The number of hydrogen-bond acceptors (Lipinski definition) is 4. The molecule has 0 saturated carbocycles. The molecule has 5 nitrogen and oxygen atoms in total. The maximum Gasteiger partial charge on any atom is 0.242 e. The summed E-state index contributed by atoms with van der Waals surface area (Å²) in [4.78, 5) is 20.4. The standard InChI is InChI=1S/C15H19ClN4O/c1-9(2)8-17-14(21)10(3)18-13-11-6-4-5-7-12(11)19-15(16)20-13/h4-7,9-10H,8H2,1-3H3,(H,17,21)(H,18,19,20). The number of nitrogens with zero attached hydrogens (tertiary/aromatic N) is 2. The Hall–Kier alpha value is -1.88. The summed E-state index contributed by atoms with van der Waals surface area (Å²) >= 11 is 5.93. The van der Waals surface area contributed by atoms with E-state index in [2.05, 4.69) is 34.4 Å². The summed E-state index contributed by atoms with van der Waals surface area (Å²) in [6.45, 7) is 6.54. The lowest BCUT2D eigenvalue weighted by Gasteiger charge is -2.16. The number of fused-ring (bicyclic) bond motifs is 1. The first-order valence-corrected chi connectivity index (χ1v) is 7.31. The molecule has 112 valence electrons. The Balaban J connectivity index is 2.17. The van der Waals surface area contributed by atoms with Crippen LogP contribution < -0.4 is 10.6 Å². The molecule has 1 amide bonds. The average molecular weight is 307 g/mol. The molecule has 0 aliphatic heterocycles. The fourth-order valence-corrected chi connectivity index (χ4v) is 2.06. The maximum atomic E-state index is 12.0. The highest BCUT2D eigenvalue weighted by atomic mass is 35.5. The van der Waals surface area contributed by atoms with Crippen LogP contribution >= 0.6 is 11.6 Å². The minimum atomic E-state index is -0.405. The summed E-state index contributed by atoms with van der Waals surface area (Å²) in [6.07, 6.45) is 0. The smallest absolute Gasteiger partial charge is 0.242 e. The van der Waals surface area contributed by atoms with Gasteiger partial charge in [0.1, 0.15) is 11.9 Å². The second kappa shape index (κ2) is 6.72. The van der Waals surface area contributed by atoms with Crippen molar-refractivity contribution < 1.29 is 4.79 Å². The van der Waals surface area contributed by atoms with Crippen LogP contribution in [-0.2, 0) is 4.79 Å². The summed E-state index contributed by atoms with van der Waals surface area (Å²) in [7, 11) is 0. The third-order valence-electron chi connectivity index (χ3n) is 3.01. The predicted octanol–water partition coefficient (Wildman–Crippen LogP) is 2.86. The van der Waals surface area contributed by atoms with Gasteiger partial charge in [0.05, 0.1) is 5.52 Å². The van der Waals surface area contributed by atoms with Crippen LogP contribution in [0, 0.1) is 5.92 Å². The maximum absolute atomic E-state index is 12.0. The van der Waals surface area contributed by atoms with Gasteiger partial charge >= 0.3 is 0 Å². The molecule has 1 aromatic heterocycles. The second-order valence-corrected chi connectivity index (χ2v) is 5.70. The highest BCUT2D eigenvalue weighted by molar-refractivity contribution is 6.28. The highest BCUT2D eigenvalue weighted by Crippen LogP contribution is 2.22. The van der Waals surface area contributed by atoms with Gasteiger partial charge in [-0.25, -0.2) is 9.97 Å². The first kappa shape index (κ1) is 15.5. The molecule has 0 bridgehead atoms. The molecular weight excluding hydrogens is 288 g/mol. The van der Waals surface area contributed by atoms with Crippen molar-refractivity contribution in [2.24, 2.45) is 5.92 Å². The molecule has 0 spiro atoms. The number of rotatable bonds is 5. The molecular formula is C15H19ClN4O. The van der Waals surface area contributed by atoms with Crippen LogP contribution in [0.25, 0.3) is 10.9 Å². The molecule has 1 aromatic carbocycles. The molecule has 0 aliphatic rings. The van der Waals surface area contributed by atoms with Crippen molar-refractivity contribution in [1.29, 1.82) is 0 Å². The summed E-state index contributed by atoms with van der Waals surface area (Å²) in [6, 6.07) is 7.13. The minimum absolute atomic E-state index is 0.0671. The molecule has 2 rings (SSSR count). The van der Waals surface area contributed by atoms with Gasteiger partial charge in [0.25, 0.3) is 0 Å². The number of amides is 1. The first-order chi connectivity index (χ1) is 9.97. The Bertz CT molecular complexity index is 645. The highest BCUT2D eigenvalue weighted by Gasteiger charge is 2.15. The minimum Gasteiger partial charge on any atom is -0.358 e. The van der Waals surface area contributed by atoms with Gasteiger partial charge in [-0.05, 0) is 36.6 Å². The van der Waals surface area contributed by atoms with Crippen LogP contribution in [0.4, 0.5) is 5.82 Å². The lowest BCUT2D eigenvalue weighted by molar-refractivity contribution is -0.121. The van der Waals surface area contributed by atoms with Crippen LogP contribution in [0.1, 0.15) is 20.8 Å². The molecule has 21 heavy (non-hydrogen) atoms. The van der Waals surface area contributed by atoms with Crippen molar-refractivity contribution in [2.45, 2.75) is 26.8 Å². The fraction of sp³-hybridized carbons (Fsp3) is 0.400. The zero-order valence-corrected chi connectivity index (χ0v) is 13.1. The molecule has 2 aromatic rings. The zero-order valence-electron chi connectivity index (χ0n) is 12.4. The number of hydrogen-bond donors (Lipinski definition) is 2. The van der Waals surface area contributed by atoms with E-state index in [-0.39, 0.29) is 11.2 Å². The van der Waals surface area contributed by atoms with E-state index in [1.165, 1.54) is 0 Å². The molecule has 2 N–H and O–H groups in total. The molecule has 0 aliphatic carbocycles. The van der Waals surface area contributed by atoms with Gasteiger partial charge in [0.15, 0.2) is 0 Å². The average Bonchev–Trinajstić information content (AvgIpc) is 2.44. The molecule has 0 saturated heterocycles. The van der Waals surface area contributed by atoms with Gasteiger partial charge in [-0.2, -0.15) is 0 Å². The second-order valence-electron chi connectivity index (χ2n) is 5.36. The number of anilines is 1. The number of carbonyl (C=O) groups is 1. The predicted molar refractivity (Wildman–Crippen MR) is 85.5 cm³/mol. The van der Waals surface area contributed by atoms with Crippen molar-refractivity contribution in [3.63, 3.8) is 0 Å². The van der Waals surface area contributed by atoms with E-state index in [1.807, 2.05) is 24.3 Å². The molecule has 0 radical (unpaired) electrons. The van der Waals surface area contributed by atoms with Crippen LogP contribution in [0.2, 0.25) is 5.28 Å². The Morgan fingerprint density at radius 3 is 2.67 bits per heavy atom. The number of nitrogens with one attached hydrogen (secondary N) is 2. The molecule has 1 heterocycles. The number of para-hydroxylation sites is 1. The lowest BCUT2D eigenvalue weighted by Crippen LogP contribution is -2.39. The van der Waals surface area contributed by atoms with Crippen LogP contribution in [0.15, 0.2) is 24.3 Å². The van der Waals surface area contributed by atoms with Crippen molar-refractivity contribution >= 4 is 34.2 Å². The topological polar surface area (TPSA) is 66.9 Å². The van der Waals surface area contributed by atoms with E-state index in [0.717, 1.165) is 10.9 Å². The monoisotopic (exact) mass is 306 g/mol. The number of aromatic nitrogens is 2. The van der Waals surface area contributed by atoms with Gasteiger partial charge in [-0.1, -0.05) is 26.0 Å². The van der Waals surface area contributed by atoms with E-state index in [1.54, 1.807) is 6.92 Å². The Morgan fingerprint density at radius 1 is 1.24 bits per heavy atom. The van der Waals surface area contributed by atoms with Crippen LogP contribution in [0.5, 0.6) is 0 Å². The first-order valence-electron chi connectivity index (χ1n) is 6.94. The van der Waals surface area contributed by atoms with E-state index in [0.29, 0.717) is 18.3 Å². The van der Waals surface area contributed by atoms with Crippen LogP contribution in [-0.4, -0.2) is 28.5 Å². The summed E-state index contributed by atoms with van der Waals surface area (Å²) in [5.41, 5.74) is 0.745. The molecule has 6 heteroatoms. The van der Waals surface area contributed by atoms with Crippen molar-refractivity contribution in [3.05, 3.63) is 29.5 Å². The summed E-state index contributed by atoms with van der Waals surface area (Å²) in [5, 5.41) is 6.99. The quantitative estimate of drug-likeness (QED) is 0.834. The zero-order chi connectivity index (χ0) is 15.4. The van der Waals surface area contributed by atoms with E-state index in [9.17, 15) is 4.79 Å². The number of benzene rings is 1. The van der Waals surface area contributed by atoms with Crippen molar-refractivity contribution in [2.75, 3.05) is 11.9 Å². The van der Waals surface area contributed by atoms with E-state index < -0.39 is 6.04 Å².